The molecular formula is C24H25NO5. The third-order valence-corrected chi connectivity index (χ3v) is 5.31. The lowest BCUT2D eigenvalue weighted by Gasteiger charge is -2.40. The highest BCUT2D eigenvalue weighted by atomic mass is 16.8. The Morgan fingerprint density at radius 1 is 0.900 bits per heavy atom. The molecule has 6 heteroatoms. The quantitative estimate of drug-likeness (QED) is 0.301. The van der Waals surface area contributed by atoms with Gasteiger partial charge >= 0.3 is 17.8 Å². The van der Waals surface area contributed by atoms with E-state index >= 15 is 0 Å². The lowest BCUT2D eigenvalue weighted by atomic mass is 10.1. The van der Waals surface area contributed by atoms with Crippen molar-refractivity contribution in [1.29, 1.82) is 0 Å². The van der Waals surface area contributed by atoms with Crippen LogP contribution in [0.2, 0.25) is 0 Å². The number of carbonyl (C=O) groups is 2. The first-order valence-corrected chi connectivity index (χ1v) is 10.3. The van der Waals surface area contributed by atoms with Crippen LogP contribution in [0.3, 0.4) is 0 Å². The number of hydrogen-bond donors (Lipinski definition) is 0. The van der Waals surface area contributed by atoms with Crippen LogP contribution in [0.5, 0.6) is 5.75 Å². The Morgan fingerprint density at radius 3 is 2.27 bits per heavy atom. The predicted molar refractivity (Wildman–Crippen MR) is 112 cm³/mol. The normalized spacial score (nSPS) is 18.5. The summed E-state index contributed by atoms with van der Waals surface area (Å²) in [5.74, 6) is -2.21. The van der Waals surface area contributed by atoms with Gasteiger partial charge < -0.3 is 14.2 Å². The molecule has 2 aromatic carbocycles. The Hall–Kier alpha value is -3.12. The number of carbonyl (C=O) groups excluding carboxylic acids is 2. The van der Waals surface area contributed by atoms with Gasteiger partial charge in [-0.25, -0.2) is 14.5 Å². The Morgan fingerprint density at radius 2 is 1.57 bits per heavy atom. The number of ether oxygens (including phenoxy) is 3. The number of hydrogen-bond acceptors (Lipinski definition) is 6. The maximum Gasteiger partial charge on any atom is 0.421 e. The fraction of sp³-hybridized carbons (Fsp3) is 0.333. The second kappa shape index (κ2) is 9.13. The Labute approximate surface area is 176 Å². The minimum atomic E-state index is -1.21. The number of piperidine rings is 1. The molecule has 2 aromatic rings. The van der Waals surface area contributed by atoms with E-state index in [9.17, 15) is 9.59 Å². The molecule has 2 saturated heterocycles. The molecule has 0 radical (unpaired) electrons. The molecule has 0 bridgehead atoms. The van der Waals surface area contributed by atoms with Gasteiger partial charge in [-0.15, -0.1) is 0 Å². The summed E-state index contributed by atoms with van der Waals surface area (Å²) in [5.41, 5.74) is 2.26. The van der Waals surface area contributed by atoms with Crippen LogP contribution in [-0.4, -0.2) is 42.4 Å². The van der Waals surface area contributed by atoms with Crippen molar-refractivity contribution in [2.45, 2.75) is 31.6 Å². The summed E-state index contributed by atoms with van der Waals surface area (Å²) in [4.78, 5) is 25.0. The van der Waals surface area contributed by atoms with E-state index in [1.54, 1.807) is 0 Å². The number of benzene rings is 2. The lowest BCUT2D eigenvalue weighted by Crippen LogP contribution is -2.53. The fourth-order valence-corrected chi connectivity index (χ4v) is 3.76. The number of rotatable bonds is 7. The van der Waals surface area contributed by atoms with Crippen LogP contribution < -0.4 is 4.74 Å². The van der Waals surface area contributed by atoms with Gasteiger partial charge in [0.15, 0.2) is 0 Å². The van der Waals surface area contributed by atoms with Gasteiger partial charge in [0.25, 0.3) is 0 Å². The van der Waals surface area contributed by atoms with Crippen molar-refractivity contribution in [3.8, 4) is 5.75 Å². The lowest BCUT2D eigenvalue weighted by molar-refractivity contribution is -0.263. The molecule has 156 valence electrons. The van der Waals surface area contributed by atoms with Gasteiger partial charge in [-0.1, -0.05) is 54.6 Å². The molecular weight excluding hydrogens is 382 g/mol. The molecule has 6 nitrogen and oxygen atoms in total. The van der Waals surface area contributed by atoms with E-state index in [0.29, 0.717) is 19.6 Å². The zero-order chi connectivity index (χ0) is 20.8. The van der Waals surface area contributed by atoms with Crippen molar-refractivity contribution in [2.24, 2.45) is 0 Å². The van der Waals surface area contributed by atoms with Gasteiger partial charge in [0.1, 0.15) is 5.75 Å². The molecule has 2 fully saturated rings. The molecule has 1 spiro atoms. The van der Waals surface area contributed by atoms with Crippen LogP contribution in [-0.2, 0) is 19.1 Å². The van der Waals surface area contributed by atoms with Gasteiger partial charge in [0.05, 0.1) is 6.61 Å². The summed E-state index contributed by atoms with van der Waals surface area (Å²) in [6, 6.07) is 18.1. The minimum Gasteiger partial charge on any atom is -0.494 e. The first-order valence-electron chi connectivity index (χ1n) is 10.3. The topological polar surface area (TPSA) is 65.1 Å². The van der Waals surface area contributed by atoms with Crippen molar-refractivity contribution >= 4 is 24.1 Å². The van der Waals surface area contributed by atoms with E-state index in [2.05, 4.69) is 24.3 Å². The van der Waals surface area contributed by atoms with E-state index in [0.717, 1.165) is 42.7 Å². The van der Waals surface area contributed by atoms with Crippen molar-refractivity contribution in [2.75, 3.05) is 19.7 Å². The highest BCUT2D eigenvalue weighted by Gasteiger charge is 2.53. The summed E-state index contributed by atoms with van der Waals surface area (Å²) in [6.07, 6.45) is 7.23. The Balaban J connectivity index is 1.25. The van der Waals surface area contributed by atoms with Crippen LogP contribution in [0, 0.1) is 0 Å². The van der Waals surface area contributed by atoms with Crippen LogP contribution in [0.25, 0.3) is 12.2 Å². The highest BCUT2D eigenvalue weighted by molar-refractivity contribution is 6.31. The second-order valence-corrected chi connectivity index (χ2v) is 7.45. The number of nitrogens with zero attached hydrogens (tertiary/aromatic N) is 1. The summed E-state index contributed by atoms with van der Waals surface area (Å²) in [7, 11) is 0. The molecule has 0 amide bonds. The third kappa shape index (κ3) is 4.71. The molecule has 2 heterocycles. The Kier molecular flexibility index (Phi) is 6.14. The summed E-state index contributed by atoms with van der Waals surface area (Å²) < 4.78 is 16.4. The molecule has 2 aliphatic heterocycles. The van der Waals surface area contributed by atoms with E-state index < -0.39 is 17.8 Å². The average molecular weight is 407 g/mol. The smallest absolute Gasteiger partial charge is 0.421 e. The molecule has 2 aliphatic rings. The maximum atomic E-state index is 11.5. The summed E-state index contributed by atoms with van der Waals surface area (Å²) >= 11 is 0. The second-order valence-electron chi connectivity index (χ2n) is 7.45. The van der Waals surface area contributed by atoms with Crippen LogP contribution >= 0.6 is 0 Å². The molecule has 0 N–H and O–H groups in total. The average Bonchev–Trinajstić information content (AvgIpc) is 3.06. The van der Waals surface area contributed by atoms with Gasteiger partial charge in [-0.2, -0.15) is 0 Å². The SMILES string of the molecule is O=C1OC2(CCCCN2CCCOc2ccc(/C=C/c3ccccc3)cc2)OC1=O. The minimum absolute atomic E-state index is 0.517. The molecule has 30 heavy (non-hydrogen) atoms. The Bertz CT molecular complexity index is 891. The van der Waals surface area contributed by atoms with Gasteiger partial charge in [-0.05, 0) is 42.5 Å². The van der Waals surface area contributed by atoms with E-state index in [-0.39, 0.29) is 0 Å². The van der Waals surface area contributed by atoms with E-state index in [1.165, 1.54) is 0 Å². The fourth-order valence-electron chi connectivity index (χ4n) is 3.76. The molecule has 4 rings (SSSR count). The first-order chi connectivity index (χ1) is 14.6. The van der Waals surface area contributed by atoms with Crippen LogP contribution in [0.1, 0.15) is 36.8 Å². The van der Waals surface area contributed by atoms with E-state index in [1.807, 2.05) is 47.4 Å². The zero-order valence-electron chi connectivity index (χ0n) is 16.8. The largest absolute Gasteiger partial charge is 0.494 e. The van der Waals surface area contributed by atoms with Gasteiger partial charge in [-0.3, -0.25) is 0 Å². The van der Waals surface area contributed by atoms with Crippen LogP contribution in [0.4, 0.5) is 0 Å². The highest BCUT2D eigenvalue weighted by Crippen LogP contribution is 2.34. The van der Waals surface area contributed by atoms with Crippen molar-refractivity contribution in [3.63, 3.8) is 0 Å². The summed E-state index contributed by atoms with van der Waals surface area (Å²) in [5, 5.41) is 0. The molecule has 0 aliphatic carbocycles. The first kappa shape index (κ1) is 20.2. The molecule has 0 aromatic heterocycles. The van der Waals surface area contributed by atoms with Crippen molar-refractivity contribution < 1.29 is 23.8 Å². The van der Waals surface area contributed by atoms with E-state index in [4.69, 9.17) is 14.2 Å². The summed E-state index contributed by atoms with van der Waals surface area (Å²) in [6.45, 7) is 1.87. The number of likely N-dealkylation sites (tertiary alicyclic amines) is 1. The molecule has 0 saturated carbocycles. The van der Waals surface area contributed by atoms with Gasteiger partial charge in [0, 0.05) is 19.5 Å². The monoisotopic (exact) mass is 407 g/mol. The predicted octanol–water partition coefficient (Wildman–Crippen LogP) is 3.87. The van der Waals surface area contributed by atoms with Crippen molar-refractivity contribution in [3.05, 3.63) is 65.7 Å². The third-order valence-electron chi connectivity index (χ3n) is 5.31. The maximum absolute atomic E-state index is 11.5. The van der Waals surface area contributed by atoms with Crippen molar-refractivity contribution in [1.82, 2.24) is 4.90 Å². The number of esters is 2. The molecule has 0 unspecified atom stereocenters. The standard InChI is InChI=1S/C24H25NO5/c26-22-23(27)30-24(29-22)15-4-5-16-25(24)17-6-18-28-21-13-11-20(12-14-21)10-9-19-7-2-1-3-8-19/h1-3,7-14H,4-6,15-18H2/b10-9+. The molecule has 0 atom stereocenters. The van der Waals surface area contributed by atoms with Gasteiger partial charge in [0.2, 0.25) is 0 Å². The van der Waals surface area contributed by atoms with Crippen LogP contribution in [0.15, 0.2) is 54.6 Å². The zero-order valence-corrected chi connectivity index (χ0v) is 16.8.